The van der Waals surface area contributed by atoms with Gasteiger partial charge >= 0.3 is 6.61 Å². The minimum absolute atomic E-state index is 0.0222. The zero-order valence-corrected chi connectivity index (χ0v) is 10.8. The average Bonchev–Trinajstić information content (AvgIpc) is 2.47. The first-order valence-corrected chi connectivity index (χ1v) is 6.29. The summed E-state index contributed by atoms with van der Waals surface area (Å²) in [5.74, 6) is 0.0222. The zero-order chi connectivity index (χ0) is 14.6. The molecular formula is C14H15F2NO3. The molecule has 1 aliphatic heterocycles. The van der Waals surface area contributed by atoms with Crippen LogP contribution in [0.4, 0.5) is 8.78 Å². The molecule has 0 amide bonds. The topological polar surface area (TPSA) is 62.5 Å². The maximum atomic E-state index is 12.1. The van der Waals surface area contributed by atoms with Gasteiger partial charge in [0.05, 0.1) is 17.6 Å². The highest BCUT2D eigenvalue weighted by atomic mass is 19.3. The summed E-state index contributed by atoms with van der Waals surface area (Å²) in [6, 6.07) is 7.89. The Balaban J connectivity index is 2.15. The van der Waals surface area contributed by atoms with Crippen molar-refractivity contribution in [2.75, 3.05) is 13.2 Å². The lowest BCUT2D eigenvalue weighted by molar-refractivity contribution is -0.0500. The second-order valence-corrected chi connectivity index (χ2v) is 4.73. The Morgan fingerprint density at radius 2 is 1.85 bits per heavy atom. The van der Waals surface area contributed by atoms with E-state index in [1.54, 1.807) is 0 Å². The molecule has 1 aliphatic rings. The number of alkyl halides is 2. The Bertz CT molecular complexity index is 478. The molecule has 1 aromatic carbocycles. The van der Waals surface area contributed by atoms with Crippen LogP contribution in [0.2, 0.25) is 0 Å². The Hall–Kier alpha value is -1.71. The van der Waals surface area contributed by atoms with Crippen LogP contribution in [0.5, 0.6) is 5.75 Å². The van der Waals surface area contributed by atoms with Gasteiger partial charge in [-0.3, -0.25) is 0 Å². The molecule has 0 aliphatic carbocycles. The van der Waals surface area contributed by atoms with Gasteiger partial charge in [0.25, 0.3) is 0 Å². The van der Waals surface area contributed by atoms with Gasteiger partial charge in [-0.2, -0.15) is 14.0 Å². The summed E-state index contributed by atoms with van der Waals surface area (Å²) in [6.45, 7) is -2.03. The monoisotopic (exact) mass is 283 g/mol. The number of nitriles is 1. The van der Waals surface area contributed by atoms with E-state index in [0.29, 0.717) is 31.6 Å². The van der Waals surface area contributed by atoms with Crippen molar-refractivity contribution in [1.82, 2.24) is 0 Å². The highest BCUT2D eigenvalue weighted by Gasteiger charge is 2.40. The zero-order valence-electron chi connectivity index (χ0n) is 10.8. The number of aliphatic hydroxyl groups is 1. The Kier molecular flexibility index (Phi) is 4.53. The van der Waals surface area contributed by atoms with Crippen LogP contribution in [-0.2, 0) is 4.74 Å². The van der Waals surface area contributed by atoms with Crippen LogP contribution in [0.25, 0.3) is 0 Å². The van der Waals surface area contributed by atoms with E-state index in [9.17, 15) is 19.1 Å². The smallest absolute Gasteiger partial charge is 0.387 e. The molecule has 0 bridgehead atoms. The van der Waals surface area contributed by atoms with Gasteiger partial charge in [-0.25, -0.2) is 0 Å². The molecule has 4 nitrogen and oxygen atoms in total. The molecule has 0 spiro atoms. The number of hydrogen-bond donors (Lipinski definition) is 1. The lowest BCUT2D eigenvalue weighted by atomic mass is 9.74. The quantitative estimate of drug-likeness (QED) is 0.922. The number of rotatable bonds is 4. The summed E-state index contributed by atoms with van der Waals surface area (Å²) in [5, 5.41) is 19.8. The molecule has 0 saturated carbocycles. The van der Waals surface area contributed by atoms with E-state index in [1.165, 1.54) is 24.3 Å². The molecule has 1 atom stereocenters. The van der Waals surface area contributed by atoms with Gasteiger partial charge in [-0.15, -0.1) is 0 Å². The van der Waals surface area contributed by atoms with Crippen LogP contribution < -0.4 is 4.74 Å². The molecule has 6 heteroatoms. The van der Waals surface area contributed by atoms with E-state index in [2.05, 4.69) is 10.8 Å². The van der Waals surface area contributed by atoms with E-state index in [1.807, 2.05) is 0 Å². The minimum Gasteiger partial charge on any atom is -0.435 e. The molecule has 1 N–H and O–H groups in total. The van der Waals surface area contributed by atoms with Crippen molar-refractivity contribution in [1.29, 1.82) is 5.26 Å². The number of aliphatic hydroxyl groups excluding tert-OH is 1. The van der Waals surface area contributed by atoms with E-state index in [4.69, 9.17) is 4.74 Å². The highest BCUT2D eigenvalue weighted by molar-refractivity contribution is 5.30. The highest BCUT2D eigenvalue weighted by Crippen LogP contribution is 2.42. The molecule has 20 heavy (non-hydrogen) atoms. The van der Waals surface area contributed by atoms with Crippen LogP contribution in [0.3, 0.4) is 0 Å². The van der Waals surface area contributed by atoms with Crippen molar-refractivity contribution < 1.29 is 23.4 Å². The van der Waals surface area contributed by atoms with E-state index in [0.717, 1.165) is 0 Å². The second-order valence-electron chi connectivity index (χ2n) is 4.73. The van der Waals surface area contributed by atoms with Crippen molar-refractivity contribution >= 4 is 0 Å². The third-order valence-electron chi connectivity index (χ3n) is 3.55. The maximum absolute atomic E-state index is 12.1. The molecule has 0 radical (unpaired) electrons. The summed E-state index contributed by atoms with van der Waals surface area (Å²) in [5.41, 5.74) is -0.376. The van der Waals surface area contributed by atoms with Crippen LogP contribution in [-0.4, -0.2) is 24.9 Å². The van der Waals surface area contributed by atoms with Gasteiger partial charge < -0.3 is 14.6 Å². The maximum Gasteiger partial charge on any atom is 0.387 e. The molecule has 1 heterocycles. The van der Waals surface area contributed by atoms with Crippen LogP contribution in [0.1, 0.15) is 24.5 Å². The molecule has 2 rings (SSSR count). The predicted molar refractivity (Wildman–Crippen MR) is 66.1 cm³/mol. The summed E-state index contributed by atoms with van der Waals surface area (Å²) >= 11 is 0. The van der Waals surface area contributed by atoms with Crippen molar-refractivity contribution in [3.05, 3.63) is 29.8 Å². The van der Waals surface area contributed by atoms with Gasteiger partial charge in [-0.05, 0) is 30.5 Å². The Labute approximate surface area is 115 Å². The molecule has 1 aromatic rings. The van der Waals surface area contributed by atoms with Crippen LogP contribution in [0.15, 0.2) is 24.3 Å². The summed E-state index contributed by atoms with van der Waals surface area (Å²) in [6.07, 6.45) is -0.0862. The first-order valence-electron chi connectivity index (χ1n) is 6.29. The lowest BCUT2D eigenvalue weighted by Crippen LogP contribution is -2.34. The van der Waals surface area contributed by atoms with Crippen LogP contribution in [0, 0.1) is 16.7 Å². The minimum atomic E-state index is -2.88. The molecule has 108 valence electrons. The van der Waals surface area contributed by atoms with E-state index >= 15 is 0 Å². The largest absolute Gasteiger partial charge is 0.435 e. The fraction of sp³-hybridized carbons (Fsp3) is 0.500. The van der Waals surface area contributed by atoms with Crippen molar-refractivity contribution in [3.63, 3.8) is 0 Å². The summed E-state index contributed by atoms with van der Waals surface area (Å²) < 4.78 is 33.6. The first-order chi connectivity index (χ1) is 9.57. The SMILES string of the molecule is N#CC1(C(O)c2ccc(OC(F)F)cc2)CCOCC1. The van der Waals surface area contributed by atoms with Gasteiger partial charge in [0.2, 0.25) is 0 Å². The normalized spacial score (nSPS) is 19.4. The standard InChI is InChI=1S/C14H15F2NO3/c15-13(16)20-11-3-1-10(2-4-11)12(18)14(9-17)5-7-19-8-6-14/h1-4,12-13,18H,5-8H2. The Morgan fingerprint density at radius 3 is 2.35 bits per heavy atom. The van der Waals surface area contributed by atoms with Crippen LogP contribution >= 0.6 is 0 Å². The Morgan fingerprint density at radius 1 is 1.25 bits per heavy atom. The molecule has 0 aromatic heterocycles. The first kappa shape index (κ1) is 14.7. The van der Waals surface area contributed by atoms with Crippen molar-refractivity contribution in [2.24, 2.45) is 5.41 Å². The van der Waals surface area contributed by atoms with Crippen molar-refractivity contribution in [3.8, 4) is 11.8 Å². The van der Waals surface area contributed by atoms with Gasteiger partial charge in [0.1, 0.15) is 5.75 Å². The molecule has 1 fully saturated rings. The fourth-order valence-corrected chi connectivity index (χ4v) is 2.33. The summed E-state index contributed by atoms with van der Waals surface area (Å²) in [7, 11) is 0. The van der Waals surface area contributed by atoms with Crippen molar-refractivity contribution in [2.45, 2.75) is 25.6 Å². The van der Waals surface area contributed by atoms with Gasteiger partial charge in [0, 0.05) is 13.2 Å². The van der Waals surface area contributed by atoms with E-state index in [-0.39, 0.29) is 5.75 Å². The molecule has 1 saturated heterocycles. The second kappa shape index (κ2) is 6.16. The van der Waals surface area contributed by atoms with Gasteiger partial charge in [0.15, 0.2) is 0 Å². The molecular weight excluding hydrogens is 268 g/mol. The number of nitrogens with zero attached hydrogens (tertiary/aromatic N) is 1. The van der Waals surface area contributed by atoms with E-state index < -0.39 is 18.1 Å². The number of benzene rings is 1. The average molecular weight is 283 g/mol. The fourth-order valence-electron chi connectivity index (χ4n) is 2.33. The number of ether oxygens (including phenoxy) is 2. The predicted octanol–water partition coefficient (Wildman–Crippen LogP) is 2.64. The van der Waals surface area contributed by atoms with Gasteiger partial charge in [-0.1, -0.05) is 12.1 Å². The third-order valence-corrected chi connectivity index (χ3v) is 3.55. The third kappa shape index (κ3) is 3.06. The number of halogens is 2. The number of hydrogen-bond acceptors (Lipinski definition) is 4. The summed E-state index contributed by atoms with van der Waals surface area (Å²) in [4.78, 5) is 0. The lowest BCUT2D eigenvalue weighted by Gasteiger charge is -2.35. The molecule has 1 unspecified atom stereocenters.